The lowest BCUT2D eigenvalue weighted by Crippen LogP contribution is -2.02. The monoisotopic (exact) mass is 260 g/mol. The molecule has 0 aliphatic carbocycles. The molecule has 0 fully saturated rings. The minimum absolute atomic E-state index is 0.0509. The number of hydrogen-bond donors (Lipinski definition) is 2. The molecule has 70 valence electrons. The summed E-state index contributed by atoms with van der Waals surface area (Å²) in [4.78, 5) is 10.5. The molecule has 1 N–H and O–H groups in total. The number of benzene rings is 1. The maximum Gasteiger partial charge on any atom is 0.307 e. The van der Waals surface area contributed by atoms with Crippen molar-refractivity contribution in [3.63, 3.8) is 0 Å². The Morgan fingerprint density at radius 2 is 2.15 bits per heavy atom. The third-order valence-electron chi connectivity index (χ3n) is 1.68. The molecule has 0 atom stereocenters. The second-order valence-electron chi connectivity index (χ2n) is 2.64. The summed E-state index contributed by atoms with van der Waals surface area (Å²) < 4.78 is 0.897. The van der Waals surface area contributed by atoms with E-state index in [1.165, 1.54) is 0 Å². The van der Waals surface area contributed by atoms with Crippen LogP contribution in [0.4, 0.5) is 0 Å². The molecule has 0 saturated carbocycles. The number of hydrogen-bond acceptors (Lipinski definition) is 2. The molecule has 0 bridgehead atoms. The molecule has 13 heavy (non-hydrogen) atoms. The van der Waals surface area contributed by atoms with E-state index >= 15 is 0 Å². The summed E-state index contributed by atoms with van der Waals surface area (Å²) in [5.74, 6) is -0.253. The summed E-state index contributed by atoms with van der Waals surface area (Å²) in [6.45, 7) is 0. The predicted octanol–water partition coefficient (Wildman–Crippen LogP) is 2.51. The van der Waals surface area contributed by atoms with Crippen LogP contribution in [0.5, 0.6) is 0 Å². The average molecular weight is 261 g/mol. The molecule has 0 amide bonds. The van der Waals surface area contributed by atoms with Gasteiger partial charge in [-0.25, -0.2) is 0 Å². The lowest BCUT2D eigenvalue weighted by molar-refractivity contribution is -0.136. The van der Waals surface area contributed by atoms with Gasteiger partial charge in [-0.1, -0.05) is 22.0 Å². The van der Waals surface area contributed by atoms with Crippen LogP contribution in [0.2, 0.25) is 0 Å². The number of thiol groups is 1. The van der Waals surface area contributed by atoms with Crippen LogP contribution in [0.3, 0.4) is 0 Å². The van der Waals surface area contributed by atoms with Crippen molar-refractivity contribution in [1.29, 1.82) is 0 Å². The van der Waals surface area contributed by atoms with Crippen LogP contribution in [0.15, 0.2) is 22.7 Å². The van der Waals surface area contributed by atoms with Gasteiger partial charge < -0.3 is 5.11 Å². The number of rotatable bonds is 3. The first kappa shape index (κ1) is 10.6. The Hall–Kier alpha value is -0.480. The highest BCUT2D eigenvalue weighted by Crippen LogP contribution is 2.18. The first-order valence-electron chi connectivity index (χ1n) is 3.73. The maximum absolute atomic E-state index is 10.5. The molecule has 0 heterocycles. The molecule has 0 spiro atoms. The van der Waals surface area contributed by atoms with Crippen LogP contribution in [0, 0.1) is 0 Å². The molecule has 0 unspecified atom stereocenters. The van der Waals surface area contributed by atoms with Crippen LogP contribution in [0.25, 0.3) is 0 Å². The Morgan fingerprint density at radius 1 is 1.46 bits per heavy atom. The number of carboxylic acid groups (broad SMARTS) is 1. The van der Waals surface area contributed by atoms with E-state index in [4.69, 9.17) is 5.11 Å². The van der Waals surface area contributed by atoms with Gasteiger partial charge in [0.05, 0.1) is 6.42 Å². The second-order valence-corrected chi connectivity index (χ2v) is 3.87. The Kier molecular flexibility index (Phi) is 3.81. The summed E-state index contributed by atoms with van der Waals surface area (Å²) >= 11 is 7.43. The van der Waals surface area contributed by atoms with Crippen molar-refractivity contribution in [3.8, 4) is 0 Å². The minimum atomic E-state index is -0.818. The van der Waals surface area contributed by atoms with Gasteiger partial charge in [-0.3, -0.25) is 4.79 Å². The van der Waals surface area contributed by atoms with Gasteiger partial charge in [-0.15, -0.1) is 0 Å². The summed E-state index contributed by atoms with van der Waals surface area (Å²) in [5.41, 5.74) is 1.78. The standard InChI is InChI=1S/C9H9BrO2S/c10-8-2-1-6(5-13)7(3-8)4-9(11)12/h1-3,13H,4-5H2,(H,11,12). The Bertz CT molecular complexity index is 325. The number of halogens is 1. The fourth-order valence-corrected chi connectivity index (χ4v) is 1.79. The van der Waals surface area contributed by atoms with E-state index in [0.29, 0.717) is 5.75 Å². The van der Waals surface area contributed by atoms with E-state index in [1.54, 1.807) is 0 Å². The smallest absolute Gasteiger partial charge is 0.307 e. The van der Waals surface area contributed by atoms with Crippen LogP contribution in [-0.2, 0) is 17.0 Å². The minimum Gasteiger partial charge on any atom is -0.481 e. The molecule has 1 aromatic rings. The molecule has 4 heteroatoms. The van der Waals surface area contributed by atoms with Gasteiger partial charge in [0, 0.05) is 10.2 Å². The zero-order chi connectivity index (χ0) is 9.84. The van der Waals surface area contributed by atoms with E-state index in [0.717, 1.165) is 15.6 Å². The number of aliphatic carboxylic acids is 1. The summed E-state index contributed by atoms with van der Waals surface area (Å²) in [6.07, 6.45) is 0.0509. The van der Waals surface area contributed by atoms with Gasteiger partial charge in [-0.05, 0) is 23.3 Å². The van der Waals surface area contributed by atoms with Crippen LogP contribution in [-0.4, -0.2) is 11.1 Å². The largest absolute Gasteiger partial charge is 0.481 e. The second kappa shape index (κ2) is 4.67. The highest BCUT2D eigenvalue weighted by atomic mass is 79.9. The zero-order valence-corrected chi connectivity index (χ0v) is 9.31. The van der Waals surface area contributed by atoms with Crippen molar-refractivity contribution in [2.24, 2.45) is 0 Å². The maximum atomic E-state index is 10.5. The first-order chi connectivity index (χ1) is 6.13. The van der Waals surface area contributed by atoms with E-state index < -0.39 is 5.97 Å². The molecule has 0 radical (unpaired) electrons. The lowest BCUT2D eigenvalue weighted by Gasteiger charge is -2.05. The van der Waals surface area contributed by atoms with E-state index in [1.807, 2.05) is 18.2 Å². The summed E-state index contributed by atoms with van der Waals surface area (Å²) in [6, 6.07) is 5.59. The molecule has 0 aliphatic heterocycles. The predicted molar refractivity (Wildman–Crippen MR) is 58.2 cm³/mol. The molecular weight excluding hydrogens is 252 g/mol. The molecule has 0 aromatic heterocycles. The van der Waals surface area contributed by atoms with Crippen LogP contribution >= 0.6 is 28.6 Å². The van der Waals surface area contributed by atoms with Crippen LogP contribution < -0.4 is 0 Å². The quantitative estimate of drug-likeness (QED) is 0.820. The van der Waals surface area contributed by atoms with E-state index in [2.05, 4.69) is 28.6 Å². The molecule has 2 nitrogen and oxygen atoms in total. The van der Waals surface area contributed by atoms with E-state index in [9.17, 15) is 4.79 Å². The Morgan fingerprint density at radius 3 is 2.69 bits per heavy atom. The normalized spacial score (nSPS) is 10.0. The van der Waals surface area contributed by atoms with Gasteiger partial charge in [0.1, 0.15) is 0 Å². The van der Waals surface area contributed by atoms with Gasteiger partial charge >= 0.3 is 5.97 Å². The van der Waals surface area contributed by atoms with Gasteiger partial charge in [0.15, 0.2) is 0 Å². The van der Waals surface area contributed by atoms with Crippen molar-refractivity contribution in [2.45, 2.75) is 12.2 Å². The Balaban J connectivity index is 3.01. The fraction of sp³-hybridized carbons (Fsp3) is 0.222. The van der Waals surface area contributed by atoms with Gasteiger partial charge in [0.25, 0.3) is 0 Å². The van der Waals surface area contributed by atoms with Gasteiger partial charge in [-0.2, -0.15) is 12.6 Å². The highest BCUT2D eigenvalue weighted by Gasteiger charge is 2.05. The average Bonchev–Trinajstić information content (AvgIpc) is 2.03. The van der Waals surface area contributed by atoms with Gasteiger partial charge in [0.2, 0.25) is 0 Å². The molecule has 1 aromatic carbocycles. The zero-order valence-electron chi connectivity index (χ0n) is 6.83. The van der Waals surface area contributed by atoms with E-state index in [-0.39, 0.29) is 6.42 Å². The summed E-state index contributed by atoms with van der Waals surface area (Å²) in [5, 5.41) is 8.64. The van der Waals surface area contributed by atoms with Crippen molar-refractivity contribution >= 4 is 34.5 Å². The van der Waals surface area contributed by atoms with Crippen molar-refractivity contribution < 1.29 is 9.90 Å². The summed E-state index contributed by atoms with van der Waals surface area (Å²) in [7, 11) is 0. The lowest BCUT2D eigenvalue weighted by atomic mass is 10.1. The topological polar surface area (TPSA) is 37.3 Å². The van der Waals surface area contributed by atoms with Crippen molar-refractivity contribution in [3.05, 3.63) is 33.8 Å². The fourth-order valence-electron chi connectivity index (χ4n) is 1.08. The SMILES string of the molecule is O=C(O)Cc1cc(Br)ccc1CS. The number of carbonyl (C=O) groups is 1. The molecule has 0 saturated heterocycles. The number of carboxylic acids is 1. The molecule has 0 aliphatic rings. The van der Waals surface area contributed by atoms with Crippen LogP contribution in [0.1, 0.15) is 11.1 Å². The molecule has 1 rings (SSSR count). The third-order valence-corrected chi connectivity index (χ3v) is 2.51. The third kappa shape index (κ3) is 3.04. The Labute approximate surface area is 90.5 Å². The molecular formula is C9H9BrO2S. The van der Waals surface area contributed by atoms with Crippen molar-refractivity contribution in [2.75, 3.05) is 0 Å². The van der Waals surface area contributed by atoms with Crippen molar-refractivity contribution in [1.82, 2.24) is 0 Å². The highest BCUT2D eigenvalue weighted by molar-refractivity contribution is 9.10. The first-order valence-corrected chi connectivity index (χ1v) is 5.16.